The molecule has 2 fully saturated rings. The van der Waals surface area contributed by atoms with Crippen molar-refractivity contribution in [2.24, 2.45) is 0 Å². The highest BCUT2D eigenvalue weighted by Crippen LogP contribution is 2.25. The molecule has 5 heteroatoms. The maximum Gasteiger partial charge on any atom is 0.321 e. The van der Waals surface area contributed by atoms with Crippen LogP contribution in [-0.4, -0.2) is 41.3 Å². The van der Waals surface area contributed by atoms with Crippen molar-refractivity contribution < 1.29 is 14.6 Å². The van der Waals surface area contributed by atoms with Crippen molar-refractivity contribution in [2.45, 2.75) is 44.3 Å². The van der Waals surface area contributed by atoms with Gasteiger partial charge in [-0.05, 0) is 56.4 Å². The molecule has 21 heavy (non-hydrogen) atoms. The molecule has 5 nitrogen and oxygen atoms in total. The van der Waals surface area contributed by atoms with Crippen molar-refractivity contribution in [3.63, 3.8) is 0 Å². The Hall–Kier alpha value is -1.75. The first kappa shape index (κ1) is 14.2. The molecule has 1 aliphatic carbocycles. The molecule has 114 valence electrons. The number of urea groups is 1. The summed E-state index contributed by atoms with van der Waals surface area (Å²) in [6.45, 7) is 1.02. The lowest BCUT2D eigenvalue weighted by molar-refractivity contribution is 0.176. The highest BCUT2D eigenvalue weighted by atomic mass is 16.5. The Balaban J connectivity index is 1.53. The number of aliphatic hydroxyl groups is 1. The number of aliphatic hydroxyl groups excluding tert-OH is 1. The van der Waals surface area contributed by atoms with Gasteiger partial charge in [0.1, 0.15) is 5.75 Å². The van der Waals surface area contributed by atoms with E-state index in [1.54, 1.807) is 4.90 Å². The summed E-state index contributed by atoms with van der Waals surface area (Å²) in [5.74, 6) is 0.858. The van der Waals surface area contributed by atoms with Gasteiger partial charge >= 0.3 is 6.03 Å². The summed E-state index contributed by atoms with van der Waals surface area (Å²) >= 11 is 0. The predicted octanol–water partition coefficient (Wildman–Crippen LogP) is 2.61. The van der Waals surface area contributed by atoms with Crippen molar-refractivity contribution in [3.05, 3.63) is 24.3 Å². The monoisotopic (exact) mass is 290 g/mol. The van der Waals surface area contributed by atoms with E-state index in [0.717, 1.165) is 24.3 Å². The minimum Gasteiger partial charge on any atom is -0.490 e. The van der Waals surface area contributed by atoms with E-state index < -0.39 is 6.10 Å². The van der Waals surface area contributed by atoms with Crippen LogP contribution in [0.4, 0.5) is 10.5 Å². The molecule has 2 N–H and O–H groups in total. The summed E-state index contributed by atoms with van der Waals surface area (Å²) in [6, 6.07) is 7.35. The summed E-state index contributed by atoms with van der Waals surface area (Å²) in [6.07, 6.45) is 5.38. The van der Waals surface area contributed by atoms with Crippen molar-refractivity contribution in [2.75, 3.05) is 18.4 Å². The van der Waals surface area contributed by atoms with Gasteiger partial charge in [0.15, 0.2) is 0 Å². The highest BCUT2D eigenvalue weighted by Gasteiger charge is 2.24. The van der Waals surface area contributed by atoms with Crippen LogP contribution in [0.5, 0.6) is 5.75 Å². The zero-order valence-electron chi connectivity index (χ0n) is 12.1. The Morgan fingerprint density at radius 3 is 2.52 bits per heavy atom. The molecule has 0 radical (unpaired) electrons. The van der Waals surface area contributed by atoms with Crippen LogP contribution >= 0.6 is 0 Å². The summed E-state index contributed by atoms with van der Waals surface area (Å²) in [5, 5.41) is 12.3. The van der Waals surface area contributed by atoms with E-state index in [-0.39, 0.29) is 6.03 Å². The first-order valence-electron chi connectivity index (χ1n) is 7.71. The number of hydrogen-bond donors (Lipinski definition) is 2. The molecule has 2 aliphatic rings. The molecule has 0 bridgehead atoms. The number of rotatable bonds is 3. The van der Waals surface area contributed by atoms with Gasteiger partial charge in [-0.2, -0.15) is 0 Å². The molecule has 1 atom stereocenters. The number of anilines is 1. The van der Waals surface area contributed by atoms with Crippen LogP contribution in [0.1, 0.15) is 32.1 Å². The lowest BCUT2D eigenvalue weighted by atomic mass is 10.3. The van der Waals surface area contributed by atoms with Gasteiger partial charge in [0.25, 0.3) is 0 Å². The topological polar surface area (TPSA) is 61.8 Å². The third-order valence-electron chi connectivity index (χ3n) is 4.16. The van der Waals surface area contributed by atoms with Crippen LogP contribution < -0.4 is 10.1 Å². The molecule has 1 aromatic carbocycles. The highest BCUT2D eigenvalue weighted by molar-refractivity contribution is 5.89. The Labute approximate surface area is 124 Å². The quantitative estimate of drug-likeness (QED) is 0.899. The number of β-amino-alcohol motifs (C(OH)–C–C–N with tert-alkyl or cyclic N) is 1. The lowest BCUT2D eigenvalue weighted by Crippen LogP contribution is -2.33. The van der Waals surface area contributed by atoms with E-state index in [9.17, 15) is 9.90 Å². The normalized spacial score (nSPS) is 22.5. The van der Waals surface area contributed by atoms with Gasteiger partial charge in [-0.1, -0.05) is 0 Å². The molecule has 3 rings (SSSR count). The van der Waals surface area contributed by atoms with Gasteiger partial charge in [-0.25, -0.2) is 4.79 Å². The van der Waals surface area contributed by atoms with Gasteiger partial charge in [-0.3, -0.25) is 0 Å². The van der Waals surface area contributed by atoms with Gasteiger partial charge in [0.2, 0.25) is 0 Å². The molecule has 0 spiro atoms. The number of nitrogens with zero attached hydrogens (tertiary/aromatic N) is 1. The second-order valence-corrected chi connectivity index (χ2v) is 5.87. The summed E-state index contributed by atoms with van der Waals surface area (Å²) in [7, 11) is 0. The smallest absolute Gasteiger partial charge is 0.321 e. The number of amides is 2. The molecule has 1 saturated carbocycles. The average molecular weight is 290 g/mol. The van der Waals surface area contributed by atoms with Crippen LogP contribution in [0.2, 0.25) is 0 Å². The molecule has 1 heterocycles. The zero-order valence-corrected chi connectivity index (χ0v) is 12.1. The van der Waals surface area contributed by atoms with Crippen LogP contribution in [-0.2, 0) is 0 Å². The third kappa shape index (κ3) is 3.67. The fourth-order valence-corrected chi connectivity index (χ4v) is 2.94. The molecule has 2 amide bonds. The number of carbonyl (C=O) groups is 1. The van der Waals surface area contributed by atoms with Crippen molar-refractivity contribution in [1.29, 1.82) is 0 Å². The van der Waals surface area contributed by atoms with E-state index >= 15 is 0 Å². The molecular formula is C16H22N2O3. The Bertz CT molecular complexity index is 483. The molecular weight excluding hydrogens is 268 g/mol. The summed E-state index contributed by atoms with van der Waals surface area (Å²) in [4.78, 5) is 13.6. The molecule has 1 saturated heterocycles. The van der Waals surface area contributed by atoms with Gasteiger partial charge in [-0.15, -0.1) is 0 Å². The number of benzene rings is 1. The number of carbonyl (C=O) groups excluding carboxylic acids is 1. The minimum absolute atomic E-state index is 0.156. The van der Waals surface area contributed by atoms with E-state index in [1.165, 1.54) is 12.8 Å². The zero-order chi connectivity index (χ0) is 14.7. The number of ether oxygens (including phenoxy) is 1. The molecule has 1 aliphatic heterocycles. The maximum atomic E-state index is 12.0. The molecule has 0 aromatic heterocycles. The molecule has 1 aromatic rings. The van der Waals surface area contributed by atoms with Crippen LogP contribution in [0.25, 0.3) is 0 Å². The summed E-state index contributed by atoms with van der Waals surface area (Å²) in [5.41, 5.74) is 0.750. The maximum absolute atomic E-state index is 12.0. The minimum atomic E-state index is -0.391. The van der Waals surface area contributed by atoms with E-state index in [4.69, 9.17) is 4.74 Å². The Kier molecular flexibility index (Phi) is 4.29. The standard InChI is InChI=1S/C16H22N2O3/c19-13-9-10-18(11-13)16(20)17-12-5-7-15(8-6-12)21-14-3-1-2-4-14/h5-8,13-14,19H,1-4,9-11H2,(H,17,20)/t13-/m1/s1. The second kappa shape index (κ2) is 6.35. The first-order chi connectivity index (χ1) is 10.2. The SMILES string of the molecule is O=C(Nc1ccc(OC2CCCC2)cc1)N1CC[C@@H](O)C1. The fraction of sp³-hybridized carbons (Fsp3) is 0.562. The first-order valence-corrected chi connectivity index (χ1v) is 7.71. The van der Waals surface area contributed by atoms with Crippen LogP contribution in [0.15, 0.2) is 24.3 Å². The lowest BCUT2D eigenvalue weighted by Gasteiger charge is -2.17. The second-order valence-electron chi connectivity index (χ2n) is 5.87. The Morgan fingerprint density at radius 2 is 1.90 bits per heavy atom. The number of likely N-dealkylation sites (tertiary alicyclic amines) is 1. The largest absolute Gasteiger partial charge is 0.490 e. The van der Waals surface area contributed by atoms with E-state index in [2.05, 4.69) is 5.32 Å². The van der Waals surface area contributed by atoms with Crippen molar-refractivity contribution >= 4 is 11.7 Å². The van der Waals surface area contributed by atoms with Crippen molar-refractivity contribution in [1.82, 2.24) is 4.90 Å². The van der Waals surface area contributed by atoms with E-state index in [0.29, 0.717) is 25.6 Å². The fourth-order valence-electron chi connectivity index (χ4n) is 2.94. The van der Waals surface area contributed by atoms with Crippen LogP contribution in [0.3, 0.4) is 0 Å². The van der Waals surface area contributed by atoms with Gasteiger partial charge in [0.05, 0.1) is 12.2 Å². The number of hydrogen-bond acceptors (Lipinski definition) is 3. The predicted molar refractivity (Wildman–Crippen MR) is 80.5 cm³/mol. The van der Waals surface area contributed by atoms with Gasteiger partial charge < -0.3 is 20.1 Å². The Morgan fingerprint density at radius 1 is 1.19 bits per heavy atom. The molecule has 0 unspecified atom stereocenters. The summed E-state index contributed by atoms with van der Waals surface area (Å²) < 4.78 is 5.89. The van der Waals surface area contributed by atoms with E-state index in [1.807, 2.05) is 24.3 Å². The van der Waals surface area contributed by atoms with Gasteiger partial charge in [0, 0.05) is 18.8 Å². The van der Waals surface area contributed by atoms with Crippen LogP contribution in [0, 0.1) is 0 Å². The average Bonchev–Trinajstić information content (AvgIpc) is 3.12. The third-order valence-corrected chi connectivity index (χ3v) is 4.16. The number of nitrogens with one attached hydrogen (secondary N) is 1. The van der Waals surface area contributed by atoms with Crippen molar-refractivity contribution in [3.8, 4) is 5.75 Å².